The summed E-state index contributed by atoms with van der Waals surface area (Å²) < 4.78 is 12.9. The van der Waals surface area contributed by atoms with Crippen LogP contribution in [-0.4, -0.2) is 29.5 Å². The first-order valence-corrected chi connectivity index (χ1v) is 5.81. The van der Waals surface area contributed by atoms with E-state index in [9.17, 15) is 9.18 Å². The van der Waals surface area contributed by atoms with E-state index < -0.39 is 5.82 Å². The van der Waals surface area contributed by atoms with Gasteiger partial charge in [0.1, 0.15) is 5.82 Å². The van der Waals surface area contributed by atoms with Crippen molar-refractivity contribution in [3.8, 4) is 0 Å². The summed E-state index contributed by atoms with van der Waals surface area (Å²) in [6.45, 7) is 3.02. The van der Waals surface area contributed by atoms with Gasteiger partial charge in [-0.25, -0.2) is 4.39 Å². The van der Waals surface area contributed by atoms with Crippen LogP contribution in [0, 0.1) is 5.82 Å². The molecule has 1 aromatic heterocycles. The van der Waals surface area contributed by atoms with Crippen LogP contribution in [0.2, 0.25) is 0 Å². The van der Waals surface area contributed by atoms with Crippen LogP contribution in [0.1, 0.15) is 30.1 Å². The lowest BCUT2D eigenvalue weighted by Crippen LogP contribution is -2.51. The van der Waals surface area contributed by atoms with Gasteiger partial charge in [-0.05, 0) is 32.4 Å². The van der Waals surface area contributed by atoms with Gasteiger partial charge in [0.05, 0.1) is 11.8 Å². The number of hydrogen-bond donors (Lipinski definition) is 2. The fraction of sp³-hybridized carbons (Fsp3) is 0.500. The van der Waals surface area contributed by atoms with Gasteiger partial charge in [0.25, 0.3) is 5.91 Å². The summed E-state index contributed by atoms with van der Waals surface area (Å²) in [6.07, 6.45) is 4.44. The number of piperidine rings is 1. The van der Waals surface area contributed by atoms with Crippen LogP contribution in [0.5, 0.6) is 0 Å². The number of nitrogens with zero attached hydrogens (tertiary/aromatic N) is 1. The third kappa shape index (κ3) is 4.93. The Labute approximate surface area is 124 Å². The summed E-state index contributed by atoms with van der Waals surface area (Å²) in [5.74, 6) is -0.759. The molecule has 1 saturated heterocycles. The lowest BCUT2D eigenvalue weighted by molar-refractivity contribution is 0.0919. The molecule has 2 rings (SSSR count). The highest BCUT2D eigenvalue weighted by atomic mass is 35.5. The van der Waals surface area contributed by atoms with Gasteiger partial charge < -0.3 is 10.6 Å². The van der Waals surface area contributed by atoms with Gasteiger partial charge in [-0.3, -0.25) is 9.78 Å². The molecule has 1 fully saturated rings. The molecule has 0 aromatic carbocycles. The minimum absolute atomic E-state index is 0. The standard InChI is InChI=1S/C12H16FN3O.2ClH/c1-8-11(3-2-4-15-8)16-12(17)9-5-10(13)7-14-6-9;;/h5-8,11,15H,2-4H2,1H3,(H,16,17);2*1H. The number of carbonyl (C=O) groups excluding carboxylic acids is 1. The van der Waals surface area contributed by atoms with Crippen molar-refractivity contribution >= 4 is 30.7 Å². The minimum Gasteiger partial charge on any atom is -0.348 e. The molecule has 2 unspecified atom stereocenters. The lowest BCUT2D eigenvalue weighted by Gasteiger charge is -2.30. The zero-order valence-electron chi connectivity index (χ0n) is 10.6. The van der Waals surface area contributed by atoms with Gasteiger partial charge in [0.15, 0.2) is 0 Å². The second-order valence-electron chi connectivity index (χ2n) is 4.36. The second-order valence-corrected chi connectivity index (χ2v) is 4.36. The van der Waals surface area contributed by atoms with Crippen LogP contribution in [-0.2, 0) is 0 Å². The Morgan fingerprint density at radius 1 is 1.47 bits per heavy atom. The van der Waals surface area contributed by atoms with Crippen LogP contribution >= 0.6 is 24.8 Å². The number of halogens is 3. The number of hydrogen-bond acceptors (Lipinski definition) is 3. The highest BCUT2D eigenvalue weighted by molar-refractivity contribution is 5.94. The zero-order valence-corrected chi connectivity index (χ0v) is 12.2. The van der Waals surface area contributed by atoms with Crippen LogP contribution in [0.15, 0.2) is 18.5 Å². The molecule has 2 N–H and O–H groups in total. The summed E-state index contributed by atoms with van der Waals surface area (Å²) in [4.78, 5) is 15.5. The minimum atomic E-state index is -0.493. The molecule has 1 aromatic rings. The predicted octanol–water partition coefficient (Wildman–Crippen LogP) is 1.93. The average Bonchev–Trinajstić information content (AvgIpc) is 2.32. The first-order chi connectivity index (χ1) is 8.16. The summed E-state index contributed by atoms with van der Waals surface area (Å²) in [7, 11) is 0. The fourth-order valence-corrected chi connectivity index (χ4v) is 2.03. The van der Waals surface area contributed by atoms with Gasteiger partial charge in [-0.2, -0.15) is 0 Å². The smallest absolute Gasteiger partial charge is 0.253 e. The van der Waals surface area contributed by atoms with Crippen LogP contribution < -0.4 is 10.6 Å². The van der Waals surface area contributed by atoms with E-state index in [4.69, 9.17) is 0 Å². The Balaban J connectivity index is 0.00000162. The maximum absolute atomic E-state index is 12.9. The highest BCUT2D eigenvalue weighted by Gasteiger charge is 2.22. The van der Waals surface area contributed by atoms with E-state index >= 15 is 0 Å². The van der Waals surface area contributed by atoms with Gasteiger partial charge in [0, 0.05) is 18.3 Å². The molecule has 0 radical (unpaired) electrons. The normalized spacial score (nSPS) is 21.8. The van der Waals surface area contributed by atoms with Crippen LogP contribution in [0.3, 0.4) is 0 Å². The number of pyridine rings is 1. The number of carbonyl (C=O) groups is 1. The van der Waals surface area contributed by atoms with E-state index in [2.05, 4.69) is 15.6 Å². The highest BCUT2D eigenvalue weighted by Crippen LogP contribution is 2.09. The van der Waals surface area contributed by atoms with Crippen molar-refractivity contribution in [3.63, 3.8) is 0 Å². The summed E-state index contributed by atoms with van der Waals surface area (Å²) in [5.41, 5.74) is 0.266. The van der Waals surface area contributed by atoms with E-state index in [1.807, 2.05) is 6.92 Å². The number of amides is 1. The molecule has 0 bridgehead atoms. The molecule has 0 aliphatic carbocycles. The Morgan fingerprint density at radius 3 is 2.84 bits per heavy atom. The first-order valence-electron chi connectivity index (χ1n) is 5.81. The van der Waals surface area contributed by atoms with Crippen molar-refractivity contribution in [1.82, 2.24) is 15.6 Å². The summed E-state index contributed by atoms with van der Waals surface area (Å²) >= 11 is 0. The van der Waals surface area contributed by atoms with Crippen molar-refractivity contribution in [3.05, 3.63) is 29.8 Å². The van der Waals surface area contributed by atoms with Crippen LogP contribution in [0.25, 0.3) is 0 Å². The van der Waals surface area contributed by atoms with E-state index in [1.165, 1.54) is 12.3 Å². The number of rotatable bonds is 2. The molecule has 4 nitrogen and oxygen atoms in total. The van der Waals surface area contributed by atoms with Gasteiger partial charge >= 0.3 is 0 Å². The third-order valence-electron chi connectivity index (χ3n) is 3.05. The second kappa shape index (κ2) is 8.30. The zero-order chi connectivity index (χ0) is 12.3. The van der Waals surface area contributed by atoms with Gasteiger partial charge in [-0.15, -0.1) is 24.8 Å². The van der Waals surface area contributed by atoms with E-state index in [0.717, 1.165) is 25.6 Å². The van der Waals surface area contributed by atoms with Crippen molar-refractivity contribution in [2.75, 3.05) is 6.54 Å². The maximum Gasteiger partial charge on any atom is 0.253 e. The summed E-state index contributed by atoms with van der Waals surface area (Å²) in [6, 6.07) is 1.54. The van der Waals surface area contributed by atoms with Gasteiger partial charge in [0.2, 0.25) is 0 Å². The molecule has 2 atom stereocenters. The topological polar surface area (TPSA) is 54.0 Å². The third-order valence-corrected chi connectivity index (χ3v) is 3.05. The lowest BCUT2D eigenvalue weighted by atomic mass is 9.99. The molecular formula is C12H18Cl2FN3O. The van der Waals surface area contributed by atoms with E-state index in [1.54, 1.807) is 0 Å². The maximum atomic E-state index is 12.9. The molecule has 7 heteroatoms. The molecule has 2 heterocycles. The Hall–Kier alpha value is -0.910. The molecule has 1 aliphatic rings. The fourth-order valence-electron chi connectivity index (χ4n) is 2.03. The Morgan fingerprint density at radius 2 is 2.21 bits per heavy atom. The monoisotopic (exact) mass is 309 g/mol. The predicted molar refractivity (Wildman–Crippen MR) is 76.6 cm³/mol. The molecule has 1 aliphatic heterocycles. The van der Waals surface area contributed by atoms with E-state index in [-0.39, 0.29) is 48.4 Å². The van der Waals surface area contributed by atoms with Gasteiger partial charge in [-0.1, -0.05) is 0 Å². The van der Waals surface area contributed by atoms with Crippen molar-refractivity contribution in [1.29, 1.82) is 0 Å². The average molecular weight is 310 g/mol. The summed E-state index contributed by atoms with van der Waals surface area (Å²) in [5, 5.41) is 6.20. The molecule has 0 saturated carbocycles. The first kappa shape index (κ1) is 18.1. The number of aromatic nitrogens is 1. The molecule has 19 heavy (non-hydrogen) atoms. The van der Waals surface area contributed by atoms with E-state index in [0.29, 0.717) is 0 Å². The Bertz CT molecular complexity index is 420. The van der Waals surface area contributed by atoms with Crippen molar-refractivity contribution in [2.45, 2.75) is 31.8 Å². The molecule has 108 valence electrons. The number of nitrogens with one attached hydrogen (secondary N) is 2. The van der Waals surface area contributed by atoms with Crippen molar-refractivity contribution in [2.24, 2.45) is 0 Å². The molecule has 1 amide bonds. The SMILES string of the molecule is CC1NCCCC1NC(=O)c1cncc(F)c1.Cl.Cl. The van der Waals surface area contributed by atoms with Crippen LogP contribution in [0.4, 0.5) is 4.39 Å². The largest absolute Gasteiger partial charge is 0.348 e. The quantitative estimate of drug-likeness (QED) is 0.878. The molecule has 0 spiro atoms. The molecular weight excluding hydrogens is 292 g/mol. The van der Waals surface area contributed by atoms with Crippen molar-refractivity contribution < 1.29 is 9.18 Å². The Kier molecular flexibility index (Phi) is 7.90.